The van der Waals surface area contributed by atoms with Crippen molar-refractivity contribution in [2.45, 2.75) is 0 Å². The third kappa shape index (κ3) is 2.37. The second-order valence-electron chi connectivity index (χ2n) is 3.21. The van der Waals surface area contributed by atoms with Crippen LogP contribution in [0.15, 0.2) is 53.1 Å². The van der Waals surface area contributed by atoms with E-state index in [1.165, 1.54) is 12.3 Å². The number of benzene rings is 1. The van der Waals surface area contributed by atoms with Crippen molar-refractivity contribution in [1.82, 2.24) is 0 Å². The molecule has 0 spiro atoms. The van der Waals surface area contributed by atoms with E-state index in [1.807, 2.05) is 0 Å². The van der Waals surface area contributed by atoms with Crippen LogP contribution in [0.25, 0.3) is 0 Å². The lowest BCUT2D eigenvalue weighted by Crippen LogP contribution is -2.32. The predicted molar refractivity (Wildman–Crippen MR) is 63.2 cm³/mol. The molecular weight excluding hydrogens is 242 g/mol. The minimum Gasteiger partial charge on any atom is -0.459 e. The first kappa shape index (κ1) is 11.4. The Kier molecular flexibility index (Phi) is 3.25. The smallest absolute Gasteiger partial charge is 0.328 e. The van der Waals surface area contributed by atoms with Crippen molar-refractivity contribution in [3.63, 3.8) is 0 Å². The van der Waals surface area contributed by atoms with Crippen LogP contribution in [0.4, 0.5) is 10.5 Å². The maximum Gasteiger partial charge on any atom is 0.328 e. The Morgan fingerprint density at radius 3 is 2.29 bits per heavy atom. The van der Waals surface area contributed by atoms with Crippen molar-refractivity contribution < 1.29 is 14.0 Å². The van der Waals surface area contributed by atoms with Crippen LogP contribution in [0, 0.1) is 0 Å². The molecule has 2 amide bonds. The van der Waals surface area contributed by atoms with Crippen LogP contribution in [0.5, 0.6) is 0 Å². The lowest BCUT2D eigenvalue weighted by atomic mass is 10.3. The summed E-state index contributed by atoms with van der Waals surface area (Å²) in [5, 5.41) is -0.877. The second-order valence-corrected chi connectivity index (χ2v) is 3.53. The molecule has 86 valence electrons. The number of hydrogen-bond donors (Lipinski definition) is 0. The van der Waals surface area contributed by atoms with Gasteiger partial charge in [0.2, 0.25) is 0 Å². The summed E-state index contributed by atoms with van der Waals surface area (Å²) in [6.07, 6.45) is 1.36. The van der Waals surface area contributed by atoms with Crippen LogP contribution in [-0.2, 0) is 0 Å². The molecule has 0 bridgehead atoms. The van der Waals surface area contributed by atoms with E-state index in [0.29, 0.717) is 5.69 Å². The molecule has 0 N–H and O–H groups in total. The number of carbonyl (C=O) groups excluding carboxylic acids is 2. The number of amides is 2. The second kappa shape index (κ2) is 4.84. The summed E-state index contributed by atoms with van der Waals surface area (Å²) >= 11 is 5.41. The Morgan fingerprint density at radius 2 is 1.76 bits per heavy atom. The number of furan rings is 1. The fourth-order valence-electron chi connectivity index (χ4n) is 1.39. The molecule has 0 atom stereocenters. The summed E-state index contributed by atoms with van der Waals surface area (Å²) in [7, 11) is 0. The topological polar surface area (TPSA) is 50.5 Å². The molecule has 17 heavy (non-hydrogen) atoms. The first-order chi connectivity index (χ1) is 8.20. The normalized spacial score (nSPS) is 9.94. The van der Waals surface area contributed by atoms with E-state index in [2.05, 4.69) is 0 Å². The monoisotopic (exact) mass is 249 g/mol. The number of hydrogen-bond acceptors (Lipinski definition) is 3. The highest BCUT2D eigenvalue weighted by Crippen LogP contribution is 2.19. The van der Waals surface area contributed by atoms with E-state index in [-0.39, 0.29) is 5.76 Å². The van der Waals surface area contributed by atoms with Gasteiger partial charge in [0, 0.05) is 0 Å². The quantitative estimate of drug-likeness (QED) is 0.606. The molecule has 0 aliphatic rings. The zero-order chi connectivity index (χ0) is 12.3. The molecule has 0 unspecified atom stereocenters. The SMILES string of the molecule is O=C(Cl)N(C(=O)c1ccco1)c1ccccc1. The van der Waals surface area contributed by atoms with Crippen LogP contribution in [0.1, 0.15) is 10.6 Å². The van der Waals surface area contributed by atoms with Gasteiger partial charge >= 0.3 is 11.3 Å². The van der Waals surface area contributed by atoms with Gasteiger partial charge in [-0.05, 0) is 35.9 Å². The molecule has 0 saturated heterocycles. The standard InChI is InChI=1S/C12H8ClNO3/c13-12(16)14(9-5-2-1-3-6-9)11(15)10-7-4-8-17-10/h1-8H. The van der Waals surface area contributed by atoms with Crippen LogP contribution in [0.3, 0.4) is 0 Å². The minimum absolute atomic E-state index is 0.0582. The lowest BCUT2D eigenvalue weighted by molar-refractivity contribution is 0.0971. The molecule has 2 aromatic rings. The van der Waals surface area contributed by atoms with Gasteiger partial charge in [-0.3, -0.25) is 9.59 Å². The Bertz CT molecular complexity index is 522. The van der Waals surface area contributed by atoms with Gasteiger partial charge in [0.25, 0.3) is 0 Å². The molecule has 2 rings (SSSR count). The van der Waals surface area contributed by atoms with E-state index in [4.69, 9.17) is 16.0 Å². The van der Waals surface area contributed by atoms with E-state index in [9.17, 15) is 9.59 Å². The van der Waals surface area contributed by atoms with Crippen molar-refractivity contribution in [2.75, 3.05) is 4.90 Å². The Hall–Kier alpha value is -2.07. The predicted octanol–water partition coefficient (Wildman–Crippen LogP) is 3.29. The molecule has 1 heterocycles. The van der Waals surface area contributed by atoms with Gasteiger partial charge in [-0.25, -0.2) is 4.90 Å². The first-order valence-electron chi connectivity index (χ1n) is 4.82. The van der Waals surface area contributed by atoms with Crippen molar-refractivity contribution in [3.05, 3.63) is 54.5 Å². The molecule has 1 aromatic carbocycles. The van der Waals surface area contributed by atoms with Gasteiger partial charge < -0.3 is 4.42 Å². The van der Waals surface area contributed by atoms with Crippen molar-refractivity contribution in [2.24, 2.45) is 0 Å². The molecule has 1 aromatic heterocycles. The van der Waals surface area contributed by atoms with Crippen molar-refractivity contribution >= 4 is 28.6 Å². The third-order valence-corrected chi connectivity index (χ3v) is 2.29. The maximum atomic E-state index is 12.0. The van der Waals surface area contributed by atoms with Crippen LogP contribution < -0.4 is 4.90 Å². The van der Waals surface area contributed by atoms with E-state index < -0.39 is 11.3 Å². The number of anilines is 1. The highest BCUT2D eigenvalue weighted by Gasteiger charge is 2.24. The number of rotatable bonds is 2. The zero-order valence-corrected chi connectivity index (χ0v) is 9.42. The molecular formula is C12H8ClNO3. The maximum absolute atomic E-state index is 12.0. The van der Waals surface area contributed by atoms with E-state index >= 15 is 0 Å². The number of nitrogens with zero attached hydrogens (tertiary/aromatic N) is 1. The van der Waals surface area contributed by atoms with Gasteiger partial charge in [0.15, 0.2) is 5.76 Å². The average molecular weight is 250 g/mol. The van der Waals surface area contributed by atoms with Crippen LogP contribution in [0.2, 0.25) is 0 Å². The molecule has 4 nitrogen and oxygen atoms in total. The largest absolute Gasteiger partial charge is 0.459 e. The Morgan fingerprint density at radius 1 is 1.06 bits per heavy atom. The molecule has 0 aliphatic carbocycles. The van der Waals surface area contributed by atoms with Gasteiger partial charge in [-0.1, -0.05) is 18.2 Å². The molecule has 0 fully saturated rings. The van der Waals surface area contributed by atoms with Gasteiger partial charge in [-0.15, -0.1) is 0 Å². The Balaban J connectivity index is 2.37. The zero-order valence-electron chi connectivity index (χ0n) is 8.67. The summed E-state index contributed by atoms with van der Waals surface area (Å²) < 4.78 is 4.95. The summed E-state index contributed by atoms with van der Waals surface area (Å²) in [6, 6.07) is 11.4. The molecule has 0 radical (unpaired) electrons. The summed E-state index contributed by atoms with van der Waals surface area (Å²) in [4.78, 5) is 24.1. The fraction of sp³-hybridized carbons (Fsp3) is 0. The minimum atomic E-state index is -0.877. The summed E-state index contributed by atoms with van der Waals surface area (Å²) in [5.74, 6) is -0.538. The molecule has 0 saturated carbocycles. The van der Waals surface area contributed by atoms with Crippen LogP contribution in [-0.4, -0.2) is 11.3 Å². The van der Waals surface area contributed by atoms with Gasteiger partial charge in [0.1, 0.15) is 0 Å². The van der Waals surface area contributed by atoms with Crippen LogP contribution >= 0.6 is 11.6 Å². The van der Waals surface area contributed by atoms with E-state index in [1.54, 1.807) is 36.4 Å². The van der Waals surface area contributed by atoms with Crippen molar-refractivity contribution in [1.29, 1.82) is 0 Å². The fourth-order valence-corrected chi connectivity index (χ4v) is 1.56. The van der Waals surface area contributed by atoms with Crippen molar-refractivity contribution in [3.8, 4) is 0 Å². The molecule has 0 aliphatic heterocycles. The lowest BCUT2D eigenvalue weighted by Gasteiger charge is -2.16. The summed E-state index contributed by atoms with van der Waals surface area (Å²) in [6.45, 7) is 0. The third-order valence-electron chi connectivity index (χ3n) is 2.13. The van der Waals surface area contributed by atoms with Gasteiger partial charge in [-0.2, -0.15) is 0 Å². The molecule has 5 heteroatoms. The highest BCUT2D eigenvalue weighted by molar-refractivity contribution is 6.68. The Labute approximate surface area is 102 Å². The number of para-hydroxylation sites is 1. The number of carbonyl (C=O) groups is 2. The first-order valence-corrected chi connectivity index (χ1v) is 5.20. The number of imide groups is 1. The summed E-state index contributed by atoms with van der Waals surface area (Å²) in [5.41, 5.74) is 0.397. The number of halogens is 1. The average Bonchev–Trinajstić information content (AvgIpc) is 2.83. The van der Waals surface area contributed by atoms with E-state index in [0.717, 1.165) is 4.90 Å². The van der Waals surface area contributed by atoms with Gasteiger partial charge in [0.05, 0.1) is 12.0 Å². The highest BCUT2D eigenvalue weighted by atomic mass is 35.5.